The minimum Gasteiger partial charge on any atom is -0.453 e. The summed E-state index contributed by atoms with van der Waals surface area (Å²) in [6, 6.07) is 19.1. The van der Waals surface area contributed by atoms with Gasteiger partial charge in [0, 0.05) is 37.4 Å². The Morgan fingerprint density at radius 2 is 1.60 bits per heavy atom. The Hall–Kier alpha value is -4.10. The van der Waals surface area contributed by atoms with Crippen molar-refractivity contribution in [3.63, 3.8) is 0 Å². The minimum atomic E-state index is -0.141. The van der Waals surface area contributed by atoms with Gasteiger partial charge in [-0.3, -0.25) is 24.0 Å². The highest BCUT2D eigenvalue weighted by Crippen LogP contribution is 2.50. The van der Waals surface area contributed by atoms with Crippen LogP contribution in [-0.4, -0.2) is 35.4 Å². The van der Waals surface area contributed by atoms with Crippen molar-refractivity contribution in [3.8, 4) is 11.3 Å². The molecule has 1 aromatic heterocycles. The van der Waals surface area contributed by atoms with Gasteiger partial charge >= 0.3 is 0 Å². The maximum Gasteiger partial charge on any atom is 0.233 e. The first-order valence-corrected chi connectivity index (χ1v) is 19.4. The number of rotatable bonds is 17. The van der Waals surface area contributed by atoms with E-state index in [9.17, 15) is 19.2 Å². The van der Waals surface area contributed by atoms with Crippen molar-refractivity contribution in [3.05, 3.63) is 101 Å². The summed E-state index contributed by atoms with van der Waals surface area (Å²) in [7, 11) is 0. The van der Waals surface area contributed by atoms with Crippen LogP contribution in [0.25, 0.3) is 11.3 Å². The van der Waals surface area contributed by atoms with Crippen molar-refractivity contribution in [2.45, 2.75) is 127 Å². The highest BCUT2D eigenvalue weighted by molar-refractivity contribution is 6.14. The molecule has 0 aliphatic heterocycles. The van der Waals surface area contributed by atoms with Crippen LogP contribution in [0.5, 0.6) is 0 Å². The average molecular weight is 717 g/mol. The SMILES string of the molecule is CC.CC.CCC.CCC1CC1c1cc(C(=O)C2=C[CH]2)cc(-c2ccc(C(C)=O)o2)c1.CCCCC[C@H](CN(C=O)OCc1ccccc1)C(C)=O.[HH]. The number of carbonyl (C=O) groups is 4. The molecule has 2 unspecified atom stereocenters. The van der Waals surface area contributed by atoms with Crippen molar-refractivity contribution >= 4 is 23.8 Å². The lowest BCUT2D eigenvalue weighted by molar-refractivity contribution is -0.181. The molecule has 1 heterocycles. The molecule has 1 fully saturated rings. The van der Waals surface area contributed by atoms with Gasteiger partial charge in [-0.2, -0.15) is 0 Å². The molecule has 3 atom stereocenters. The van der Waals surface area contributed by atoms with Gasteiger partial charge in [0.25, 0.3) is 0 Å². The molecule has 7 nitrogen and oxygen atoms in total. The van der Waals surface area contributed by atoms with Gasteiger partial charge in [0.05, 0.1) is 6.54 Å². The molecule has 0 bridgehead atoms. The zero-order chi connectivity index (χ0) is 39.1. The number of nitrogens with zero attached hydrogens (tertiary/aromatic N) is 1. The normalized spacial score (nSPS) is 15.2. The van der Waals surface area contributed by atoms with Gasteiger partial charge in [0.2, 0.25) is 6.41 Å². The summed E-state index contributed by atoms with van der Waals surface area (Å²) in [6.45, 7) is 20.3. The highest BCUT2D eigenvalue weighted by atomic mass is 16.7. The number of amides is 1. The molecular formula is C45H66NO6. The Morgan fingerprint density at radius 3 is 2.10 bits per heavy atom. The topological polar surface area (TPSA) is 93.9 Å². The monoisotopic (exact) mass is 716 g/mol. The first kappa shape index (κ1) is 45.9. The molecule has 2 aliphatic carbocycles. The van der Waals surface area contributed by atoms with E-state index in [1.54, 1.807) is 19.1 Å². The fraction of sp³-hybridized carbons (Fsp3) is 0.489. The number of benzene rings is 2. The third kappa shape index (κ3) is 16.1. The van der Waals surface area contributed by atoms with Crippen molar-refractivity contribution in [1.29, 1.82) is 0 Å². The maximum atomic E-state index is 12.5. The number of unbranched alkanes of at least 4 members (excludes halogenated alkanes) is 2. The van der Waals surface area contributed by atoms with Crippen LogP contribution in [-0.2, 0) is 21.0 Å². The van der Waals surface area contributed by atoms with Gasteiger partial charge in [0.1, 0.15) is 18.2 Å². The number of ketones is 3. The third-order valence-corrected chi connectivity index (χ3v) is 8.41. The molecule has 0 spiro atoms. The van der Waals surface area contributed by atoms with Crippen LogP contribution in [0.1, 0.15) is 154 Å². The second-order valence-corrected chi connectivity index (χ2v) is 12.7. The Bertz CT molecular complexity index is 1530. The Labute approximate surface area is 315 Å². The van der Waals surface area contributed by atoms with E-state index in [-0.39, 0.29) is 24.7 Å². The van der Waals surface area contributed by atoms with E-state index in [1.165, 1.54) is 30.4 Å². The summed E-state index contributed by atoms with van der Waals surface area (Å²) in [6.07, 6.45) is 11.9. The number of hydroxylamine groups is 2. The van der Waals surface area contributed by atoms with Crippen LogP contribution in [0.3, 0.4) is 0 Å². The predicted octanol–water partition coefficient (Wildman–Crippen LogP) is 12.1. The van der Waals surface area contributed by atoms with E-state index in [4.69, 9.17) is 9.25 Å². The fourth-order valence-electron chi connectivity index (χ4n) is 5.43. The van der Waals surface area contributed by atoms with Gasteiger partial charge in [-0.15, -0.1) is 0 Å². The molecule has 1 saturated carbocycles. The maximum absolute atomic E-state index is 12.5. The third-order valence-electron chi connectivity index (χ3n) is 8.41. The standard InChI is InChI=1S/C21H19O3.C17H25NO3.C3H8.2C2H6.H2/c1-3-13-11-18(13)15-8-16(20-7-6-19(24-20)12(2)22)10-17(9-15)21(23)14-4-5-14;1-3-4-6-11-17(15(2)20)12-18(14-19)21-13-16-9-7-5-8-10-16;1-3-2;2*1-2;/h4-10,13,18H,3,11H2,1-2H3;5,7-10,14,17H,3-4,6,11-13H2,1-2H3;3H2,1-2H3;2*1-2H3;1H/t;17-;;;;/m.1..../s1. The number of hydrogen-bond acceptors (Lipinski definition) is 6. The van der Waals surface area contributed by atoms with Crippen LogP contribution in [0.4, 0.5) is 0 Å². The quantitative estimate of drug-likeness (QED) is 0.0597. The first-order chi connectivity index (χ1) is 25.1. The van der Waals surface area contributed by atoms with Gasteiger partial charge in [-0.05, 0) is 73.1 Å². The van der Waals surface area contributed by atoms with E-state index >= 15 is 0 Å². The van der Waals surface area contributed by atoms with E-state index in [0.717, 1.165) is 48.8 Å². The van der Waals surface area contributed by atoms with Crippen molar-refractivity contribution < 1.29 is 29.9 Å². The molecule has 0 N–H and O–H groups in total. The smallest absolute Gasteiger partial charge is 0.233 e. The number of allylic oxidation sites excluding steroid dienone is 2. The molecular weight excluding hydrogens is 650 g/mol. The molecule has 287 valence electrons. The van der Waals surface area contributed by atoms with Crippen LogP contribution in [0.2, 0.25) is 0 Å². The van der Waals surface area contributed by atoms with Crippen LogP contribution >= 0.6 is 0 Å². The zero-order valence-electron chi connectivity index (χ0n) is 33.5. The summed E-state index contributed by atoms with van der Waals surface area (Å²) < 4.78 is 5.67. The van der Waals surface area contributed by atoms with Crippen LogP contribution in [0.15, 0.2) is 76.7 Å². The fourth-order valence-corrected chi connectivity index (χ4v) is 5.43. The summed E-state index contributed by atoms with van der Waals surface area (Å²) in [5.41, 5.74) is 4.53. The minimum absolute atomic E-state index is 0. The van der Waals surface area contributed by atoms with Gasteiger partial charge in [-0.1, -0.05) is 124 Å². The highest BCUT2D eigenvalue weighted by Gasteiger charge is 2.37. The molecule has 2 aliphatic rings. The summed E-state index contributed by atoms with van der Waals surface area (Å²) in [4.78, 5) is 52.2. The van der Waals surface area contributed by atoms with Gasteiger partial charge in [-0.25, -0.2) is 5.06 Å². The summed E-state index contributed by atoms with van der Waals surface area (Å²) in [5, 5.41) is 1.24. The number of Topliss-reactive ketones (excluding diaryl/α,β-unsaturated/α-hetero) is 3. The van der Waals surface area contributed by atoms with Crippen molar-refractivity contribution in [1.82, 2.24) is 5.06 Å². The first-order valence-electron chi connectivity index (χ1n) is 19.4. The van der Waals surface area contributed by atoms with Crippen LogP contribution in [0, 0.1) is 18.3 Å². The zero-order valence-corrected chi connectivity index (χ0v) is 33.5. The lowest BCUT2D eigenvalue weighted by atomic mass is 9.97. The molecule has 1 amide bonds. The molecule has 2 aromatic carbocycles. The summed E-state index contributed by atoms with van der Waals surface area (Å²) >= 11 is 0. The Morgan fingerprint density at radius 1 is 0.942 bits per heavy atom. The second-order valence-electron chi connectivity index (χ2n) is 12.7. The Kier molecular flexibility index (Phi) is 22.8. The average Bonchev–Trinajstić information content (AvgIpc) is 4.11. The second kappa shape index (κ2) is 25.8. The lowest BCUT2D eigenvalue weighted by Gasteiger charge is -2.22. The predicted molar refractivity (Wildman–Crippen MR) is 215 cm³/mol. The molecule has 7 heteroatoms. The Balaban J connectivity index is 0.000000867. The van der Waals surface area contributed by atoms with Crippen molar-refractivity contribution in [2.75, 3.05) is 6.54 Å². The molecule has 5 rings (SSSR count). The number of carbonyl (C=O) groups excluding carboxylic acids is 4. The molecule has 3 aromatic rings. The van der Waals surface area contributed by atoms with Gasteiger partial charge < -0.3 is 4.42 Å². The van der Waals surface area contributed by atoms with E-state index in [1.807, 2.05) is 82.7 Å². The van der Waals surface area contributed by atoms with Crippen LogP contribution < -0.4 is 0 Å². The van der Waals surface area contributed by atoms with Crippen molar-refractivity contribution in [2.24, 2.45) is 11.8 Å². The van der Waals surface area contributed by atoms with Gasteiger partial charge in [0.15, 0.2) is 17.3 Å². The lowest BCUT2D eigenvalue weighted by Crippen LogP contribution is -2.31. The molecule has 0 saturated heterocycles. The van der Waals surface area contributed by atoms with E-state index in [0.29, 0.717) is 48.5 Å². The van der Waals surface area contributed by atoms with E-state index < -0.39 is 0 Å². The number of hydrogen-bond donors (Lipinski definition) is 0. The van der Waals surface area contributed by atoms with E-state index in [2.05, 4.69) is 33.8 Å². The number of furan rings is 1. The molecule has 1 radical (unpaired) electrons. The molecule has 52 heavy (non-hydrogen) atoms. The largest absolute Gasteiger partial charge is 0.453 e. The summed E-state index contributed by atoms with van der Waals surface area (Å²) in [5.74, 6) is 2.15.